The Kier molecular flexibility index (Phi) is 5.66. The van der Waals surface area contributed by atoms with E-state index in [2.05, 4.69) is 16.9 Å². The van der Waals surface area contributed by atoms with Crippen LogP contribution in [0, 0.1) is 20.8 Å². The highest BCUT2D eigenvalue weighted by molar-refractivity contribution is 7.99. The molecule has 0 radical (unpaired) electrons. The summed E-state index contributed by atoms with van der Waals surface area (Å²) < 4.78 is 0.788. The second kappa shape index (κ2) is 7.09. The molecular weight excluding hydrogens is 322 g/mol. The molecule has 0 aliphatic heterocycles. The van der Waals surface area contributed by atoms with Crippen LogP contribution in [0.1, 0.15) is 40.4 Å². The van der Waals surface area contributed by atoms with E-state index in [-0.39, 0.29) is 11.3 Å². The quantitative estimate of drug-likeness (QED) is 0.633. The summed E-state index contributed by atoms with van der Waals surface area (Å²) in [6.07, 6.45) is 0.900. The van der Waals surface area contributed by atoms with Crippen molar-refractivity contribution in [1.29, 1.82) is 0 Å². The maximum Gasteiger partial charge on any atom is 0.188 e. The van der Waals surface area contributed by atoms with Gasteiger partial charge in [0.1, 0.15) is 0 Å². The Labute approximate surface area is 139 Å². The Morgan fingerprint density at radius 3 is 2.33 bits per heavy atom. The van der Waals surface area contributed by atoms with Crippen LogP contribution in [-0.4, -0.2) is 16.0 Å². The van der Waals surface area contributed by atoms with Crippen molar-refractivity contribution >= 4 is 34.7 Å². The minimum absolute atomic E-state index is 0.0511. The predicted molar refractivity (Wildman–Crippen MR) is 92.4 cm³/mol. The molecule has 0 aliphatic rings. The zero-order valence-corrected chi connectivity index (χ0v) is 15.1. The molecule has 3 nitrogen and oxygen atoms in total. The second-order valence-corrected chi connectivity index (χ2v) is 7.91. The minimum Gasteiger partial charge on any atom is -0.326 e. The number of nitrogens with two attached hydrogens (primary N) is 1. The lowest BCUT2D eigenvalue weighted by atomic mass is 10.1. The summed E-state index contributed by atoms with van der Waals surface area (Å²) in [6.45, 7) is 8.18. The fraction of sp³-hybridized carbons (Fsp3) is 0.467. The fourth-order valence-electron chi connectivity index (χ4n) is 1.96. The third-order valence-corrected chi connectivity index (χ3v) is 6.29. The van der Waals surface area contributed by atoms with Crippen LogP contribution < -0.4 is 5.73 Å². The van der Waals surface area contributed by atoms with Crippen molar-refractivity contribution in [2.24, 2.45) is 5.73 Å². The molecule has 0 saturated heterocycles. The average molecular weight is 342 g/mol. The molecule has 2 atom stereocenters. The summed E-state index contributed by atoms with van der Waals surface area (Å²) in [5, 5.41) is 0.919. The Morgan fingerprint density at radius 2 is 1.86 bits per heavy atom. The van der Waals surface area contributed by atoms with Crippen molar-refractivity contribution in [3.63, 3.8) is 0 Å². The first kappa shape index (κ1) is 16.7. The van der Waals surface area contributed by atoms with E-state index in [0.29, 0.717) is 0 Å². The van der Waals surface area contributed by atoms with E-state index in [1.54, 1.807) is 23.1 Å². The molecule has 2 heterocycles. The van der Waals surface area contributed by atoms with E-state index in [4.69, 9.17) is 17.3 Å². The zero-order chi connectivity index (χ0) is 15.6. The molecule has 2 aromatic rings. The van der Waals surface area contributed by atoms with Gasteiger partial charge in [-0.2, -0.15) is 0 Å². The number of aryl methyl sites for hydroxylation is 2. The number of thioether (sulfide) groups is 1. The summed E-state index contributed by atoms with van der Waals surface area (Å²) >= 11 is 9.27. The molecule has 0 fully saturated rings. The monoisotopic (exact) mass is 341 g/mol. The third kappa shape index (κ3) is 3.97. The third-order valence-electron chi connectivity index (χ3n) is 3.58. The van der Waals surface area contributed by atoms with Crippen molar-refractivity contribution in [3.05, 3.63) is 38.3 Å². The van der Waals surface area contributed by atoms with Gasteiger partial charge in [0.2, 0.25) is 0 Å². The summed E-state index contributed by atoms with van der Waals surface area (Å²) in [5.74, 6) is 0. The summed E-state index contributed by atoms with van der Waals surface area (Å²) in [5.41, 5.74) is 9.50. The van der Waals surface area contributed by atoms with Crippen molar-refractivity contribution < 1.29 is 0 Å². The normalized spacial score (nSPS) is 14.2. The first-order chi connectivity index (χ1) is 9.92. The summed E-state index contributed by atoms with van der Waals surface area (Å²) in [7, 11) is 0. The van der Waals surface area contributed by atoms with E-state index >= 15 is 0 Å². The molecule has 2 N–H and O–H groups in total. The molecule has 0 aromatic carbocycles. The highest BCUT2D eigenvalue weighted by Crippen LogP contribution is 2.41. The number of hydrogen-bond acceptors (Lipinski definition) is 5. The SMILES string of the molecule is CCC(N)C(Sc1nc(C)c(C)c(C)n1)c1ccc(Cl)s1. The number of aromatic nitrogens is 2. The molecule has 0 bridgehead atoms. The largest absolute Gasteiger partial charge is 0.326 e. The fourth-order valence-corrected chi connectivity index (χ4v) is 4.54. The van der Waals surface area contributed by atoms with Gasteiger partial charge in [-0.15, -0.1) is 11.3 Å². The van der Waals surface area contributed by atoms with Crippen LogP contribution in [0.25, 0.3) is 0 Å². The number of hydrogen-bond donors (Lipinski definition) is 1. The highest BCUT2D eigenvalue weighted by Gasteiger charge is 2.23. The van der Waals surface area contributed by atoms with E-state index in [1.807, 2.05) is 32.9 Å². The van der Waals surface area contributed by atoms with Crippen molar-refractivity contribution in [2.45, 2.75) is 50.6 Å². The Bertz CT molecular complexity index is 604. The molecule has 0 amide bonds. The zero-order valence-electron chi connectivity index (χ0n) is 12.7. The van der Waals surface area contributed by atoms with Crippen LogP contribution in [0.5, 0.6) is 0 Å². The molecule has 21 heavy (non-hydrogen) atoms. The lowest BCUT2D eigenvalue weighted by Gasteiger charge is -2.21. The molecule has 0 spiro atoms. The Balaban J connectivity index is 2.31. The van der Waals surface area contributed by atoms with Crippen LogP contribution >= 0.6 is 34.7 Å². The van der Waals surface area contributed by atoms with Crippen LogP contribution in [0.3, 0.4) is 0 Å². The molecule has 114 valence electrons. The van der Waals surface area contributed by atoms with E-state index in [0.717, 1.165) is 32.9 Å². The van der Waals surface area contributed by atoms with Gasteiger partial charge in [0.25, 0.3) is 0 Å². The summed E-state index contributed by atoms with van der Waals surface area (Å²) in [6, 6.07) is 4.02. The van der Waals surface area contributed by atoms with Gasteiger partial charge >= 0.3 is 0 Å². The average Bonchev–Trinajstić information content (AvgIpc) is 2.87. The van der Waals surface area contributed by atoms with Gasteiger partial charge in [0.15, 0.2) is 5.16 Å². The van der Waals surface area contributed by atoms with Gasteiger partial charge in [0, 0.05) is 22.3 Å². The molecule has 0 aliphatic carbocycles. The number of nitrogens with zero attached hydrogens (tertiary/aromatic N) is 2. The van der Waals surface area contributed by atoms with Gasteiger partial charge in [-0.3, -0.25) is 0 Å². The smallest absolute Gasteiger partial charge is 0.188 e. The highest BCUT2D eigenvalue weighted by atomic mass is 35.5. The van der Waals surface area contributed by atoms with Crippen molar-refractivity contribution in [1.82, 2.24) is 9.97 Å². The molecule has 6 heteroatoms. The lowest BCUT2D eigenvalue weighted by molar-refractivity contribution is 0.637. The van der Waals surface area contributed by atoms with E-state index in [1.165, 1.54) is 4.88 Å². The predicted octanol–water partition coefficient (Wildman–Crippen LogP) is 4.69. The van der Waals surface area contributed by atoms with Crippen LogP contribution in [-0.2, 0) is 0 Å². The number of halogens is 1. The Hall–Kier alpha value is -0.620. The molecular formula is C15H20ClN3S2. The molecule has 2 unspecified atom stereocenters. The topological polar surface area (TPSA) is 51.8 Å². The van der Waals surface area contributed by atoms with E-state index in [9.17, 15) is 0 Å². The summed E-state index contributed by atoms with van der Waals surface area (Å²) in [4.78, 5) is 10.4. The second-order valence-electron chi connectivity index (χ2n) is 5.05. The van der Waals surface area contributed by atoms with Crippen LogP contribution in [0.15, 0.2) is 17.3 Å². The Morgan fingerprint density at radius 1 is 1.24 bits per heavy atom. The van der Waals surface area contributed by atoms with Gasteiger partial charge in [-0.1, -0.05) is 30.3 Å². The number of rotatable bonds is 5. The van der Waals surface area contributed by atoms with Crippen LogP contribution in [0.4, 0.5) is 0 Å². The maximum absolute atomic E-state index is 6.30. The van der Waals surface area contributed by atoms with Crippen molar-refractivity contribution in [2.75, 3.05) is 0 Å². The standard InChI is InChI=1S/C15H20ClN3S2/c1-5-11(17)14(12-6-7-13(16)20-12)21-15-18-9(3)8(2)10(4)19-15/h6-7,11,14H,5,17H2,1-4H3. The van der Waals surface area contributed by atoms with Gasteiger partial charge in [-0.25, -0.2) is 9.97 Å². The molecule has 2 aromatic heterocycles. The van der Waals surface area contributed by atoms with Gasteiger partial charge in [0.05, 0.1) is 9.59 Å². The first-order valence-electron chi connectivity index (χ1n) is 6.91. The molecule has 0 saturated carbocycles. The first-order valence-corrected chi connectivity index (χ1v) is 8.99. The number of thiophene rings is 1. The van der Waals surface area contributed by atoms with E-state index < -0.39 is 0 Å². The maximum atomic E-state index is 6.30. The van der Waals surface area contributed by atoms with Crippen molar-refractivity contribution in [3.8, 4) is 0 Å². The van der Waals surface area contributed by atoms with Crippen LogP contribution in [0.2, 0.25) is 4.34 Å². The molecule has 2 rings (SSSR count). The minimum atomic E-state index is 0.0511. The van der Waals surface area contributed by atoms with Gasteiger partial charge < -0.3 is 5.73 Å². The van der Waals surface area contributed by atoms with Gasteiger partial charge in [-0.05, 0) is 44.9 Å². The lowest BCUT2D eigenvalue weighted by Crippen LogP contribution is -2.25.